The van der Waals surface area contributed by atoms with Crippen LogP contribution in [0.5, 0.6) is 0 Å². The fourth-order valence-electron chi connectivity index (χ4n) is 1.76. The molecule has 1 heterocycles. The standard InChI is InChI=1S/C9H20N2.CH2O/c1-8(2)9-7-10(3)5-6-11(9)4;1-2/h8-9H,5-7H2,1-4H3;1H2. The lowest BCUT2D eigenvalue weighted by Crippen LogP contribution is -2.52. The van der Waals surface area contributed by atoms with Crippen LogP contribution < -0.4 is 0 Å². The van der Waals surface area contributed by atoms with Gasteiger partial charge in [-0.3, -0.25) is 0 Å². The van der Waals surface area contributed by atoms with Crippen LogP contribution >= 0.6 is 0 Å². The van der Waals surface area contributed by atoms with Crippen LogP contribution in [0.15, 0.2) is 0 Å². The quantitative estimate of drug-likeness (QED) is 0.602. The molecular weight excluding hydrogens is 164 g/mol. The average molecular weight is 186 g/mol. The average Bonchev–Trinajstić information content (AvgIpc) is 2.12. The van der Waals surface area contributed by atoms with Crippen molar-refractivity contribution in [3.05, 3.63) is 0 Å². The molecule has 0 amide bonds. The van der Waals surface area contributed by atoms with E-state index in [1.165, 1.54) is 19.6 Å². The summed E-state index contributed by atoms with van der Waals surface area (Å²) in [6.45, 7) is 10.3. The number of nitrogens with zero attached hydrogens (tertiary/aromatic N) is 2. The molecule has 0 saturated carbocycles. The number of piperazine rings is 1. The van der Waals surface area contributed by atoms with Gasteiger partial charge in [0, 0.05) is 25.7 Å². The van der Waals surface area contributed by atoms with Gasteiger partial charge in [-0.1, -0.05) is 13.8 Å². The van der Waals surface area contributed by atoms with E-state index in [1.807, 2.05) is 6.79 Å². The lowest BCUT2D eigenvalue weighted by atomic mass is 10.0. The molecule has 1 saturated heterocycles. The first-order valence-corrected chi connectivity index (χ1v) is 4.79. The van der Waals surface area contributed by atoms with Gasteiger partial charge in [-0.2, -0.15) is 0 Å². The third kappa shape index (κ3) is 3.87. The summed E-state index contributed by atoms with van der Waals surface area (Å²) >= 11 is 0. The Morgan fingerprint density at radius 1 is 1.23 bits per heavy atom. The van der Waals surface area contributed by atoms with Crippen LogP contribution in [0.4, 0.5) is 0 Å². The van der Waals surface area contributed by atoms with Crippen molar-refractivity contribution in [3.63, 3.8) is 0 Å². The highest BCUT2D eigenvalue weighted by Gasteiger charge is 2.24. The Balaban J connectivity index is 0.000000671. The maximum Gasteiger partial charge on any atom is 0.106 e. The van der Waals surface area contributed by atoms with Crippen LogP contribution in [-0.2, 0) is 4.79 Å². The van der Waals surface area contributed by atoms with Crippen LogP contribution in [0.25, 0.3) is 0 Å². The summed E-state index contributed by atoms with van der Waals surface area (Å²) in [5.41, 5.74) is 0. The van der Waals surface area contributed by atoms with Crippen molar-refractivity contribution in [3.8, 4) is 0 Å². The SMILES string of the molecule is C=O.CC(C)C1CN(C)CCN1C. The molecule has 0 N–H and O–H groups in total. The first-order chi connectivity index (χ1) is 6.11. The minimum Gasteiger partial charge on any atom is -0.307 e. The van der Waals surface area contributed by atoms with Gasteiger partial charge in [0.25, 0.3) is 0 Å². The zero-order valence-electron chi connectivity index (χ0n) is 9.29. The monoisotopic (exact) mass is 186 g/mol. The minimum atomic E-state index is 0.758. The van der Waals surface area contributed by atoms with Crippen LogP contribution in [0.3, 0.4) is 0 Å². The third-order valence-corrected chi connectivity index (χ3v) is 2.67. The Morgan fingerprint density at radius 2 is 1.77 bits per heavy atom. The molecule has 3 nitrogen and oxygen atoms in total. The van der Waals surface area contributed by atoms with Gasteiger partial charge in [-0.25, -0.2) is 0 Å². The summed E-state index contributed by atoms with van der Waals surface area (Å²) < 4.78 is 0. The molecule has 1 aliphatic heterocycles. The van der Waals surface area contributed by atoms with Gasteiger partial charge in [-0.15, -0.1) is 0 Å². The van der Waals surface area contributed by atoms with Gasteiger partial charge in [0.2, 0.25) is 0 Å². The molecule has 0 aliphatic carbocycles. The van der Waals surface area contributed by atoms with E-state index in [2.05, 4.69) is 37.7 Å². The number of hydrogen-bond donors (Lipinski definition) is 0. The molecule has 0 spiro atoms. The first-order valence-electron chi connectivity index (χ1n) is 4.79. The lowest BCUT2D eigenvalue weighted by molar-refractivity contribution is -0.0979. The molecule has 0 aromatic heterocycles. The van der Waals surface area contributed by atoms with E-state index in [1.54, 1.807) is 0 Å². The predicted molar refractivity (Wildman–Crippen MR) is 55.9 cm³/mol. The highest BCUT2D eigenvalue weighted by Crippen LogP contribution is 2.13. The molecule has 78 valence electrons. The van der Waals surface area contributed by atoms with E-state index < -0.39 is 0 Å². The second kappa shape index (κ2) is 6.11. The molecule has 1 atom stereocenters. The third-order valence-electron chi connectivity index (χ3n) is 2.67. The predicted octanol–water partition coefficient (Wildman–Crippen LogP) is 0.703. The van der Waals surface area contributed by atoms with Crippen molar-refractivity contribution in [2.24, 2.45) is 5.92 Å². The zero-order valence-corrected chi connectivity index (χ0v) is 9.29. The zero-order chi connectivity index (χ0) is 10.4. The van der Waals surface area contributed by atoms with Crippen molar-refractivity contribution in [1.82, 2.24) is 9.80 Å². The molecule has 1 rings (SSSR count). The van der Waals surface area contributed by atoms with Gasteiger partial charge in [0.15, 0.2) is 0 Å². The Kier molecular flexibility index (Phi) is 5.91. The summed E-state index contributed by atoms with van der Waals surface area (Å²) in [6.07, 6.45) is 0. The highest BCUT2D eigenvalue weighted by molar-refractivity contribution is 5.10. The Bertz CT molecular complexity index is 139. The molecule has 0 aromatic carbocycles. The van der Waals surface area contributed by atoms with Crippen molar-refractivity contribution in [1.29, 1.82) is 0 Å². The van der Waals surface area contributed by atoms with E-state index in [9.17, 15) is 0 Å². The highest BCUT2D eigenvalue weighted by atomic mass is 16.1. The number of carbonyl (C=O) groups excluding carboxylic acids is 1. The van der Waals surface area contributed by atoms with E-state index in [4.69, 9.17) is 4.79 Å². The van der Waals surface area contributed by atoms with Gasteiger partial charge < -0.3 is 14.6 Å². The number of rotatable bonds is 1. The number of likely N-dealkylation sites (N-methyl/N-ethyl adjacent to an activating group) is 2. The van der Waals surface area contributed by atoms with Gasteiger partial charge in [-0.05, 0) is 20.0 Å². The molecule has 13 heavy (non-hydrogen) atoms. The van der Waals surface area contributed by atoms with Crippen molar-refractivity contribution < 1.29 is 4.79 Å². The first kappa shape index (κ1) is 12.6. The fraction of sp³-hybridized carbons (Fsp3) is 0.900. The molecule has 1 fully saturated rings. The minimum absolute atomic E-state index is 0.758. The van der Waals surface area contributed by atoms with E-state index in [0.717, 1.165) is 12.0 Å². The molecular formula is C10H22N2O. The van der Waals surface area contributed by atoms with Crippen molar-refractivity contribution in [2.75, 3.05) is 33.7 Å². The second-order valence-corrected chi connectivity index (χ2v) is 4.05. The van der Waals surface area contributed by atoms with Crippen molar-refractivity contribution >= 4 is 6.79 Å². The summed E-state index contributed by atoms with van der Waals surface area (Å²) in [7, 11) is 4.44. The van der Waals surface area contributed by atoms with Crippen LogP contribution in [0.2, 0.25) is 0 Å². The molecule has 0 radical (unpaired) electrons. The maximum absolute atomic E-state index is 8.00. The Hall–Kier alpha value is -0.410. The van der Waals surface area contributed by atoms with Crippen LogP contribution in [0, 0.1) is 5.92 Å². The smallest absolute Gasteiger partial charge is 0.106 e. The number of carbonyl (C=O) groups is 1. The Labute approximate surface area is 81.7 Å². The molecule has 0 bridgehead atoms. The second-order valence-electron chi connectivity index (χ2n) is 4.05. The molecule has 1 unspecified atom stereocenters. The normalized spacial score (nSPS) is 25.5. The maximum atomic E-state index is 8.00. The van der Waals surface area contributed by atoms with Crippen molar-refractivity contribution in [2.45, 2.75) is 19.9 Å². The summed E-state index contributed by atoms with van der Waals surface area (Å²) in [5.74, 6) is 0.780. The topological polar surface area (TPSA) is 23.6 Å². The summed E-state index contributed by atoms with van der Waals surface area (Å²) in [4.78, 5) is 12.9. The lowest BCUT2D eigenvalue weighted by Gasteiger charge is -2.39. The Morgan fingerprint density at radius 3 is 2.15 bits per heavy atom. The van der Waals surface area contributed by atoms with Gasteiger partial charge >= 0.3 is 0 Å². The molecule has 3 heteroatoms. The summed E-state index contributed by atoms with van der Waals surface area (Å²) in [6, 6.07) is 0.758. The van der Waals surface area contributed by atoms with E-state index in [-0.39, 0.29) is 0 Å². The summed E-state index contributed by atoms with van der Waals surface area (Å²) in [5, 5.41) is 0. The molecule has 0 aromatic rings. The number of hydrogen-bond acceptors (Lipinski definition) is 3. The fourth-order valence-corrected chi connectivity index (χ4v) is 1.76. The van der Waals surface area contributed by atoms with Crippen LogP contribution in [-0.4, -0.2) is 56.4 Å². The largest absolute Gasteiger partial charge is 0.307 e. The van der Waals surface area contributed by atoms with Gasteiger partial charge in [0.1, 0.15) is 6.79 Å². The van der Waals surface area contributed by atoms with E-state index in [0.29, 0.717) is 0 Å². The molecule has 1 aliphatic rings. The van der Waals surface area contributed by atoms with E-state index >= 15 is 0 Å². The van der Waals surface area contributed by atoms with Crippen LogP contribution in [0.1, 0.15) is 13.8 Å². The van der Waals surface area contributed by atoms with Gasteiger partial charge in [0.05, 0.1) is 0 Å².